The molecule has 3 rings (SSSR count). The molecule has 2 aliphatic rings. The van der Waals surface area contributed by atoms with E-state index in [4.69, 9.17) is 4.74 Å². The van der Waals surface area contributed by atoms with E-state index in [9.17, 15) is 33.6 Å². The van der Waals surface area contributed by atoms with E-state index in [-0.39, 0.29) is 10.1 Å². The molecule has 1 aromatic rings. The maximum Gasteiger partial charge on any atom is 0.284 e. The molecule has 1 aromatic carbocycles. The van der Waals surface area contributed by atoms with E-state index in [0.29, 0.717) is 11.8 Å². The summed E-state index contributed by atoms with van der Waals surface area (Å²) in [5.74, 6) is -0.956. The van der Waals surface area contributed by atoms with Gasteiger partial charge in [0, 0.05) is 0 Å². The lowest BCUT2D eigenvalue weighted by Gasteiger charge is -2.43. The minimum absolute atomic E-state index is 0.0924. The maximum absolute atomic E-state index is 12.4. The van der Waals surface area contributed by atoms with Crippen LogP contribution >= 0.6 is 11.8 Å². The third kappa shape index (κ3) is 3.49. The second-order valence-electron chi connectivity index (χ2n) is 6.17. The number of nitrogens with one attached hydrogen (secondary N) is 1. The summed E-state index contributed by atoms with van der Waals surface area (Å²) in [5, 5.41) is 41.1. The van der Waals surface area contributed by atoms with Gasteiger partial charge in [-0.15, -0.1) is 4.40 Å². The van der Waals surface area contributed by atoms with Crippen LogP contribution in [0.5, 0.6) is 0 Å². The Bertz CT molecular complexity index is 870. The van der Waals surface area contributed by atoms with Crippen LogP contribution in [0.3, 0.4) is 0 Å². The number of carbonyl (C=O) groups is 1. The van der Waals surface area contributed by atoms with Crippen molar-refractivity contribution in [2.75, 3.05) is 6.61 Å². The van der Waals surface area contributed by atoms with Crippen molar-refractivity contribution in [1.29, 1.82) is 0 Å². The number of hydrogen-bond acceptors (Lipinski definition) is 9. The lowest BCUT2D eigenvalue weighted by molar-refractivity contribution is -0.236. The summed E-state index contributed by atoms with van der Waals surface area (Å²) < 4.78 is 33.7. The third-order valence-corrected chi connectivity index (χ3v) is 6.88. The van der Waals surface area contributed by atoms with Crippen LogP contribution in [0.15, 0.2) is 33.6 Å². The first-order valence-electron chi connectivity index (χ1n) is 7.85. The standard InChI is InChI=1S/C15H18N2O8S2/c1-7-2-4-8(5-3-7)27(23,24)17-14-16-13(22)15(26-14)12(21)11(20)10(19)9(6-18)25-15/h2-5,9-12,18-21H,6H2,1H3,(H,16,17,22)/t9-,10-,11+,12-,15-/m1/s1. The Morgan fingerprint density at radius 1 is 1.22 bits per heavy atom. The SMILES string of the molecule is Cc1ccc(S(=O)(=O)/N=C2/NC(=O)[C@]3(O[C@H](CO)[C@@H](O)[C@H](O)[C@H]3O)S2)cc1. The molecule has 0 saturated carbocycles. The van der Waals surface area contributed by atoms with Gasteiger partial charge in [0.2, 0.25) is 4.93 Å². The van der Waals surface area contributed by atoms with Crippen LogP contribution < -0.4 is 5.32 Å². The largest absolute Gasteiger partial charge is 0.394 e. The molecule has 1 spiro atoms. The smallest absolute Gasteiger partial charge is 0.284 e. The molecule has 1 amide bonds. The van der Waals surface area contributed by atoms with E-state index in [0.717, 1.165) is 5.56 Å². The van der Waals surface area contributed by atoms with E-state index >= 15 is 0 Å². The van der Waals surface area contributed by atoms with Gasteiger partial charge in [0.05, 0.1) is 11.5 Å². The quantitative estimate of drug-likeness (QED) is 0.376. The van der Waals surface area contributed by atoms with Crippen molar-refractivity contribution in [3.05, 3.63) is 29.8 Å². The van der Waals surface area contributed by atoms with Crippen LogP contribution in [0.4, 0.5) is 0 Å². The number of rotatable bonds is 3. The van der Waals surface area contributed by atoms with Crippen molar-refractivity contribution < 1.29 is 38.4 Å². The van der Waals surface area contributed by atoms with Crippen LogP contribution in [0, 0.1) is 6.92 Å². The molecule has 5 atom stereocenters. The normalized spacial score (nSPS) is 35.6. The molecule has 27 heavy (non-hydrogen) atoms. The number of amides is 1. The summed E-state index contributed by atoms with van der Waals surface area (Å²) in [4.78, 5) is 10.1. The lowest BCUT2D eigenvalue weighted by atomic mass is 9.94. The van der Waals surface area contributed by atoms with Gasteiger partial charge in [-0.3, -0.25) is 4.79 Å². The number of sulfonamides is 1. The number of aryl methyl sites for hydroxylation is 1. The van der Waals surface area contributed by atoms with Crippen molar-refractivity contribution in [2.24, 2.45) is 4.40 Å². The highest BCUT2D eigenvalue weighted by Crippen LogP contribution is 2.43. The molecule has 2 aliphatic heterocycles. The fourth-order valence-corrected chi connectivity index (χ4v) is 5.03. The molecule has 2 saturated heterocycles. The molecule has 10 nitrogen and oxygen atoms in total. The first kappa shape index (κ1) is 20.2. The monoisotopic (exact) mass is 418 g/mol. The summed E-state index contributed by atoms with van der Waals surface area (Å²) in [6, 6.07) is 5.90. The highest BCUT2D eigenvalue weighted by Gasteiger charge is 2.62. The van der Waals surface area contributed by atoms with Gasteiger partial charge in [-0.05, 0) is 30.8 Å². The van der Waals surface area contributed by atoms with Gasteiger partial charge in [-0.1, -0.05) is 17.7 Å². The van der Waals surface area contributed by atoms with Crippen LogP contribution in [-0.2, 0) is 19.6 Å². The number of carbonyl (C=O) groups excluding carboxylic acids is 1. The molecule has 2 heterocycles. The van der Waals surface area contributed by atoms with Gasteiger partial charge < -0.3 is 30.5 Å². The zero-order chi connectivity index (χ0) is 20.0. The lowest BCUT2D eigenvalue weighted by Crippen LogP contribution is -2.66. The average Bonchev–Trinajstić information content (AvgIpc) is 2.92. The number of ether oxygens (including phenoxy) is 1. The Hall–Kier alpha value is -1.54. The van der Waals surface area contributed by atoms with Crippen molar-refractivity contribution in [3.63, 3.8) is 0 Å². The topological polar surface area (TPSA) is 166 Å². The molecule has 2 fully saturated rings. The number of amidine groups is 1. The summed E-state index contributed by atoms with van der Waals surface area (Å²) >= 11 is 0.455. The van der Waals surface area contributed by atoms with Gasteiger partial charge in [0.25, 0.3) is 15.9 Å². The van der Waals surface area contributed by atoms with Gasteiger partial charge in [0.1, 0.15) is 24.4 Å². The molecule has 0 bridgehead atoms. The van der Waals surface area contributed by atoms with E-state index in [1.54, 1.807) is 19.1 Å². The number of thioether (sulfide) groups is 1. The number of nitrogens with zero attached hydrogens (tertiary/aromatic N) is 1. The van der Waals surface area contributed by atoms with Crippen LogP contribution in [-0.4, -0.2) is 75.9 Å². The van der Waals surface area contributed by atoms with E-state index in [1.165, 1.54) is 12.1 Å². The highest BCUT2D eigenvalue weighted by molar-refractivity contribution is 8.16. The zero-order valence-electron chi connectivity index (χ0n) is 14.0. The van der Waals surface area contributed by atoms with Crippen LogP contribution in [0.1, 0.15) is 5.56 Å². The van der Waals surface area contributed by atoms with Gasteiger partial charge >= 0.3 is 0 Å². The number of aliphatic hydroxyl groups is 4. The summed E-state index contributed by atoms with van der Waals surface area (Å²) in [6.07, 6.45) is -6.65. The Morgan fingerprint density at radius 2 is 1.85 bits per heavy atom. The third-order valence-electron chi connectivity index (χ3n) is 4.26. The summed E-state index contributed by atoms with van der Waals surface area (Å²) in [5.41, 5.74) is 0.852. The fraction of sp³-hybridized carbons (Fsp3) is 0.467. The molecular formula is C15H18N2O8S2. The number of benzene rings is 1. The molecule has 0 aliphatic carbocycles. The first-order chi connectivity index (χ1) is 12.6. The summed E-state index contributed by atoms with van der Waals surface area (Å²) in [7, 11) is -4.15. The Labute approximate surface area is 158 Å². The predicted octanol–water partition coefficient (Wildman–Crippen LogP) is -1.93. The number of aliphatic hydroxyl groups excluding tert-OH is 4. The van der Waals surface area contributed by atoms with Crippen LogP contribution in [0.25, 0.3) is 0 Å². The second-order valence-corrected chi connectivity index (χ2v) is 8.97. The van der Waals surface area contributed by atoms with Crippen molar-refractivity contribution >= 4 is 32.9 Å². The molecular weight excluding hydrogens is 400 g/mol. The van der Waals surface area contributed by atoms with E-state index in [2.05, 4.69) is 9.71 Å². The first-order valence-corrected chi connectivity index (χ1v) is 10.1. The molecule has 12 heteroatoms. The minimum atomic E-state index is -4.15. The molecule has 5 N–H and O–H groups in total. The van der Waals surface area contributed by atoms with Gasteiger partial charge in [-0.2, -0.15) is 8.42 Å². The second kappa shape index (κ2) is 7.13. The zero-order valence-corrected chi connectivity index (χ0v) is 15.6. The molecule has 0 aromatic heterocycles. The summed E-state index contributed by atoms with van der Waals surface area (Å²) in [6.45, 7) is 1.06. The van der Waals surface area contributed by atoms with Crippen molar-refractivity contribution in [1.82, 2.24) is 5.32 Å². The van der Waals surface area contributed by atoms with Crippen molar-refractivity contribution in [3.8, 4) is 0 Å². The highest BCUT2D eigenvalue weighted by atomic mass is 32.2. The van der Waals surface area contributed by atoms with Gasteiger partial charge in [0.15, 0.2) is 5.17 Å². The Balaban J connectivity index is 1.92. The predicted molar refractivity (Wildman–Crippen MR) is 94.2 cm³/mol. The van der Waals surface area contributed by atoms with Crippen LogP contribution in [0.2, 0.25) is 0 Å². The van der Waals surface area contributed by atoms with E-state index in [1.807, 2.05) is 0 Å². The Kier molecular flexibility index (Phi) is 5.33. The van der Waals surface area contributed by atoms with E-state index < -0.39 is 51.9 Å². The molecule has 0 radical (unpaired) electrons. The average molecular weight is 418 g/mol. The number of hydrogen-bond donors (Lipinski definition) is 5. The minimum Gasteiger partial charge on any atom is -0.394 e. The molecule has 0 unspecified atom stereocenters. The maximum atomic E-state index is 12.4. The van der Waals surface area contributed by atoms with Gasteiger partial charge in [-0.25, -0.2) is 0 Å². The fourth-order valence-electron chi connectivity index (χ4n) is 2.73. The Morgan fingerprint density at radius 3 is 2.44 bits per heavy atom. The molecule has 148 valence electrons. The van der Waals surface area contributed by atoms with Crippen molar-refractivity contribution in [2.45, 2.75) is 41.2 Å².